The Balaban J connectivity index is 3.60. The van der Waals surface area contributed by atoms with Crippen LogP contribution in [-0.2, 0) is 0 Å². The summed E-state index contributed by atoms with van der Waals surface area (Å²) in [7, 11) is 1.30. The summed E-state index contributed by atoms with van der Waals surface area (Å²) in [4.78, 5) is 31.5. The van der Waals surface area contributed by atoms with E-state index in [-0.39, 0.29) is 23.2 Å². The molecule has 0 saturated heterocycles. The zero-order chi connectivity index (χ0) is 12.3. The summed E-state index contributed by atoms with van der Waals surface area (Å²) >= 11 is 5.20. The third-order valence-electron chi connectivity index (χ3n) is 1.87. The average molecular weight is 244 g/mol. The standard InChI is InChI=1S/C9H6ClNO5/c1-16-6-2-5(4-12)8(11(14)15)7(3-6)9(10)13/h2-4H,1H3. The summed E-state index contributed by atoms with van der Waals surface area (Å²) < 4.78 is 4.79. The van der Waals surface area contributed by atoms with Gasteiger partial charge in [0.25, 0.3) is 10.9 Å². The Morgan fingerprint density at radius 3 is 2.56 bits per heavy atom. The van der Waals surface area contributed by atoms with Gasteiger partial charge in [-0.25, -0.2) is 0 Å². The molecule has 0 fully saturated rings. The predicted octanol–water partition coefficient (Wildman–Crippen LogP) is 1.79. The molecule has 1 aromatic rings. The van der Waals surface area contributed by atoms with Gasteiger partial charge in [-0.2, -0.15) is 0 Å². The van der Waals surface area contributed by atoms with Gasteiger partial charge in [0.05, 0.1) is 17.6 Å². The minimum absolute atomic E-state index is 0.150. The summed E-state index contributed by atoms with van der Waals surface area (Å²) in [5, 5.41) is 9.68. The lowest BCUT2D eigenvalue weighted by Crippen LogP contribution is -2.03. The molecule has 0 aliphatic rings. The Kier molecular flexibility index (Phi) is 3.57. The van der Waals surface area contributed by atoms with Gasteiger partial charge in [0.15, 0.2) is 6.29 Å². The van der Waals surface area contributed by atoms with E-state index in [9.17, 15) is 19.7 Å². The molecule has 0 atom stereocenters. The van der Waals surface area contributed by atoms with Gasteiger partial charge in [-0.3, -0.25) is 19.7 Å². The Labute approximate surface area is 94.9 Å². The van der Waals surface area contributed by atoms with E-state index in [0.29, 0.717) is 0 Å². The van der Waals surface area contributed by atoms with Crippen LogP contribution in [0.15, 0.2) is 12.1 Å². The fraction of sp³-hybridized carbons (Fsp3) is 0.111. The molecule has 0 aliphatic heterocycles. The van der Waals surface area contributed by atoms with Crippen LogP contribution in [0, 0.1) is 10.1 Å². The molecule has 0 aliphatic carbocycles. The van der Waals surface area contributed by atoms with Crippen LogP contribution in [0.4, 0.5) is 5.69 Å². The van der Waals surface area contributed by atoms with Crippen LogP contribution in [0.25, 0.3) is 0 Å². The lowest BCUT2D eigenvalue weighted by molar-refractivity contribution is -0.385. The second-order valence-corrected chi connectivity index (χ2v) is 3.10. The molecular formula is C9H6ClNO5. The molecule has 1 rings (SSSR count). The zero-order valence-electron chi connectivity index (χ0n) is 8.10. The molecule has 84 valence electrons. The fourth-order valence-electron chi connectivity index (χ4n) is 1.19. The Morgan fingerprint density at radius 2 is 2.19 bits per heavy atom. The first-order chi connectivity index (χ1) is 7.51. The van der Waals surface area contributed by atoms with E-state index in [2.05, 4.69) is 0 Å². The number of nitro groups is 1. The molecular weight excluding hydrogens is 238 g/mol. The van der Waals surface area contributed by atoms with Crippen LogP contribution in [-0.4, -0.2) is 23.6 Å². The van der Waals surface area contributed by atoms with E-state index < -0.39 is 15.9 Å². The third kappa shape index (κ3) is 2.17. The van der Waals surface area contributed by atoms with Crippen LogP contribution in [0.2, 0.25) is 0 Å². The highest BCUT2D eigenvalue weighted by molar-refractivity contribution is 6.68. The van der Waals surface area contributed by atoms with Crippen LogP contribution in [0.5, 0.6) is 5.75 Å². The maximum Gasteiger partial charge on any atom is 0.292 e. The van der Waals surface area contributed by atoms with Crippen molar-refractivity contribution in [3.05, 3.63) is 33.4 Å². The third-order valence-corrected chi connectivity index (χ3v) is 2.07. The second-order valence-electron chi connectivity index (χ2n) is 2.76. The Bertz CT molecular complexity index is 471. The van der Waals surface area contributed by atoms with Crippen LogP contribution < -0.4 is 4.74 Å². The van der Waals surface area contributed by atoms with Crippen molar-refractivity contribution < 1.29 is 19.2 Å². The number of ether oxygens (including phenoxy) is 1. The van der Waals surface area contributed by atoms with Gasteiger partial charge in [-0.05, 0) is 23.7 Å². The van der Waals surface area contributed by atoms with Gasteiger partial charge in [0, 0.05) is 0 Å². The quantitative estimate of drug-likeness (QED) is 0.348. The molecule has 0 N–H and O–H groups in total. The van der Waals surface area contributed by atoms with Crippen molar-refractivity contribution in [2.45, 2.75) is 0 Å². The molecule has 0 radical (unpaired) electrons. The molecule has 0 aromatic heterocycles. The molecule has 16 heavy (non-hydrogen) atoms. The molecule has 0 unspecified atom stereocenters. The molecule has 1 aromatic carbocycles. The zero-order valence-corrected chi connectivity index (χ0v) is 8.85. The van der Waals surface area contributed by atoms with Gasteiger partial charge < -0.3 is 4.74 Å². The molecule has 7 heteroatoms. The lowest BCUT2D eigenvalue weighted by Gasteiger charge is -2.04. The summed E-state index contributed by atoms with van der Waals surface area (Å²) in [5.74, 6) is 0.150. The number of carbonyl (C=O) groups is 2. The van der Waals surface area contributed by atoms with Gasteiger partial charge in [-0.15, -0.1) is 0 Å². The highest BCUT2D eigenvalue weighted by Crippen LogP contribution is 2.29. The largest absolute Gasteiger partial charge is 0.497 e. The number of aldehydes is 1. The van der Waals surface area contributed by atoms with Crippen LogP contribution >= 0.6 is 11.6 Å². The van der Waals surface area contributed by atoms with Crippen molar-refractivity contribution >= 4 is 28.8 Å². The van der Waals surface area contributed by atoms with E-state index in [1.54, 1.807) is 0 Å². The van der Waals surface area contributed by atoms with Crippen molar-refractivity contribution in [3.63, 3.8) is 0 Å². The number of nitrogens with zero attached hydrogens (tertiary/aromatic N) is 1. The van der Waals surface area contributed by atoms with Crippen molar-refractivity contribution in [1.82, 2.24) is 0 Å². The normalized spacial score (nSPS) is 9.62. The topological polar surface area (TPSA) is 86.5 Å². The van der Waals surface area contributed by atoms with Crippen molar-refractivity contribution in [3.8, 4) is 5.75 Å². The molecule has 0 amide bonds. The smallest absolute Gasteiger partial charge is 0.292 e. The van der Waals surface area contributed by atoms with Gasteiger partial charge in [0.1, 0.15) is 11.3 Å². The molecule has 0 bridgehead atoms. The van der Waals surface area contributed by atoms with Gasteiger partial charge >= 0.3 is 0 Å². The number of halogens is 1. The summed E-state index contributed by atoms with van der Waals surface area (Å²) in [6, 6.07) is 2.27. The molecule has 0 spiro atoms. The Morgan fingerprint density at radius 1 is 1.56 bits per heavy atom. The van der Waals surface area contributed by atoms with E-state index >= 15 is 0 Å². The maximum absolute atomic E-state index is 11.0. The number of benzene rings is 1. The van der Waals surface area contributed by atoms with Gasteiger partial charge in [-0.1, -0.05) is 0 Å². The SMILES string of the molecule is COc1cc(C=O)c([N+](=O)[O-])c(C(=O)Cl)c1. The van der Waals surface area contributed by atoms with Crippen molar-refractivity contribution in [1.29, 1.82) is 0 Å². The van der Waals surface area contributed by atoms with Crippen molar-refractivity contribution in [2.75, 3.05) is 7.11 Å². The summed E-state index contributed by atoms with van der Waals surface area (Å²) in [5.41, 5.74) is -1.24. The van der Waals surface area contributed by atoms with Crippen LogP contribution in [0.3, 0.4) is 0 Å². The van der Waals surface area contributed by atoms with Gasteiger partial charge in [0.2, 0.25) is 0 Å². The number of carbonyl (C=O) groups excluding carboxylic acids is 2. The highest BCUT2D eigenvalue weighted by Gasteiger charge is 2.25. The van der Waals surface area contributed by atoms with E-state index in [0.717, 1.165) is 12.1 Å². The molecule has 6 nitrogen and oxygen atoms in total. The van der Waals surface area contributed by atoms with E-state index in [1.807, 2.05) is 0 Å². The number of hydrogen-bond acceptors (Lipinski definition) is 5. The second kappa shape index (κ2) is 4.71. The first-order valence-corrected chi connectivity index (χ1v) is 4.40. The average Bonchev–Trinajstić information content (AvgIpc) is 2.26. The van der Waals surface area contributed by atoms with E-state index in [1.165, 1.54) is 7.11 Å². The van der Waals surface area contributed by atoms with Crippen LogP contribution in [0.1, 0.15) is 20.7 Å². The minimum Gasteiger partial charge on any atom is -0.497 e. The lowest BCUT2D eigenvalue weighted by atomic mass is 10.1. The predicted molar refractivity (Wildman–Crippen MR) is 55.2 cm³/mol. The molecule has 0 saturated carbocycles. The van der Waals surface area contributed by atoms with E-state index in [4.69, 9.17) is 16.3 Å². The highest BCUT2D eigenvalue weighted by atomic mass is 35.5. The monoisotopic (exact) mass is 243 g/mol. The summed E-state index contributed by atoms with van der Waals surface area (Å²) in [6.45, 7) is 0. The minimum atomic E-state index is -1.02. The number of hydrogen-bond donors (Lipinski definition) is 0. The Hall–Kier alpha value is -1.95. The first-order valence-electron chi connectivity index (χ1n) is 4.02. The molecule has 0 heterocycles. The number of methoxy groups -OCH3 is 1. The number of rotatable bonds is 4. The fourth-order valence-corrected chi connectivity index (χ4v) is 1.33. The number of nitro benzene ring substituents is 1. The maximum atomic E-state index is 11.0. The van der Waals surface area contributed by atoms with Crippen molar-refractivity contribution in [2.24, 2.45) is 0 Å². The summed E-state index contributed by atoms with van der Waals surface area (Å²) in [6.07, 6.45) is 0.268. The first kappa shape index (κ1) is 12.1.